The predicted molar refractivity (Wildman–Crippen MR) is 40.8 cm³/mol. The Hall–Kier alpha value is -1.18. The van der Waals surface area contributed by atoms with E-state index in [0.717, 1.165) is 6.67 Å². The van der Waals surface area contributed by atoms with E-state index in [-0.39, 0.29) is 0 Å². The Bertz CT molecular complexity index is 225. The summed E-state index contributed by atoms with van der Waals surface area (Å²) >= 11 is 0. The molecule has 0 aromatic heterocycles. The number of hydrogen-bond donors (Lipinski definition) is 0. The van der Waals surface area contributed by atoms with Crippen molar-refractivity contribution in [3.05, 3.63) is 36.3 Å². The van der Waals surface area contributed by atoms with Gasteiger partial charge in [-0.1, -0.05) is 6.08 Å². The van der Waals surface area contributed by atoms with Gasteiger partial charge in [0.2, 0.25) is 0 Å². The second kappa shape index (κ2) is 1.90. The first-order chi connectivity index (χ1) is 4.86. The second-order valence-electron chi connectivity index (χ2n) is 2.62. The topological polar surface area (TPSA) is 6.48 Å². The normalized spacial score (nSPS) is 21.5. The summed E-state index contributed by atoms with van der Waals surface area (Å²) in [6.07, 6.45) is 10.5. The third-order valence-electron chi connectivity index (χ3n) is 1.70. The van der Waals surface area contributed by atoms with Gasteiger partial charge in [0.25, 0.3) is 0 Å². The van der Waals surface area contributed by atoms with Crippen LogP contribution < -0.4 is 0 Å². The summed E-state index contributed by atoms with van der Waals surface area (Å²) in [5, 5.41) is 0. The molecule has 2 heteroatoms. The van der Waals surface area contributed by atoms with Crippen molar-refractivity contribution in [1.82, 2.24) is 9.80 Å². The molecule has 52 valence electrons. The highest BCUT2D eigenvalue weighted by atomic mass is 15.3. The van der Waals surface area contributed by atoms with Gasteiger partial charge in [0.05, 0.1) is 12.4 Å². The minimum absolute atomic E-state index is 0.982. The molecule has 0 aromatic carbocycles. The van der Waals surface area contributed by atoms with Crippen LogP contribution in [0.5, 0.6) is 0 Å². The van der Waals surface area contributed by atoms with E-state index in [4.69, 9.17) is 0 Å². The molecule has 0 saturated carbocycles. The quantitative estimate of drug-likeness (QED) is 0.489. The Balaban J connectivity index is 2.29. The molecule has 0 saturated heterocycles. The van der Waals surface area contributed by atoms with Crippen LogP contribution in [0, 0.1) is 0 Å². The lowest BCUT2D eigenvalue weighted by Gasteiger charge is -2.17. The van der Waals surface area contributed by atoms with Crippen molar-refractivity contribution in [2.24, 2.45) is 0 Å². The van der Waals surface area contributed by atoms with Crippen LogP contribution >= 0.6 is 0 Å². The van der Waals surface area contributed by atoms with E-state index in [1.807, 2.05) is 0 Å². The number of allylic oxidation sites excluding steroid dienone is 3. The molecule has 0 bridgehead atoms. The van der Waals surface area contributed by atoms with Gasteiger partial charge < -0.3 is 9.80 Å². The number of nitrogens with zero attached hydrogens (tertiary/aromatic N) is 2. The number of fused-ring (bicyclic) bond motifs is 1. The summed E-state index contributed by atoms with van der Waals surface area (Å²) in [4.78, 5) is 4.37. The summed E-state index contributed by atoms with van der Waals surface area (Å²) in [5.74, 6) is 0. The van der Waals surface area contributed by atoms with Gasteiger partial charge >= 0.3 is 0 Å². The van der Waals surface area contributed by atoms with E-state index in [1.165, 1.54) is 5.70 Å². The van der Waals surface area contributed by atoms with Crippen LogP contribution in [0.1, 0.15) is 0 Å². The monoisotopic (exact) mass is 134 g/mol. The molecule has 0 N–H and O–H groups in total. The summed E-state index contributed by atoms with van der Waals surface area (Å²) in [6.45, 7) is 0.982. The Kier molecular flexibility index (Phi) is 1.07. The van der Waals surface area contributed by atoms with Gasteiger partial charge in [-0.2, -0.15) is 0 Å². The van der Waals surface area contributed by atoms with Gasteiger partial charge in [0.1, 0.15) is 0 Å². The van der Waals surface area contributed by atoms with E-state index in [2.05, 4.69) is 47.5 Å². The molecule has 2 nitrogen and oxygen atoms in total. The van der Waals surface area contributed by atoms with Crippen molar-refractivity contribution in [1.29, 1.82) is 0 Å². The van der Waals surface area contributed by atoms with E-state index in [0.29, 0.717) is 0 Å². The maximum atomic E-state index is 2.21. The second-order valence-corrected chi connectivity index (χ2v) is 2.62. The largest absolute Gasteiger partial charge is 0.361 e. The van der Waals surface area contributed by atoms with Gasteiger partial charge in [-0.15, -0.1) is 0 Å². The Morgan fingerprint density at radius 1 is 1.40 bits per heavy atom. The molecular formula is C8H10N2. The van der Waals surface area contributed by atoms with Gasteiger partial charge in [0.15, 0.2) is 0 Å². The van der Waals surface area contributed by atoms with Crippen LogP contribution in [-0.2, 0) is 0 Å². The predicted octanol–water partition coefficient (Wildman–Crippen LogP) is 1.12. The molecule has 0 amide bonds. The van der Waals surface area contributed by atoms with E-state index in [9.17, 15) is 0 Å². The molecule has 10 heavy (non-hydrogen) atoms. The third kappa shape index (κ3) is 0.727. The van der Waals surface area contributed by atoms with E-state index in [1.54, 1.807) is 0 Å². The SMILES string of the molecule is CN1C=C2C=CC=CN2C1. The van der Waals surface area contributed by atoms with Crippen molar-refractivity contribution in [2.45, 2.75) is 0 Å². The first kappa shape index (κ1) is 5.59. The Labute approximate surface area is 60.7 Å². The Morgan fingerprint density at radius 3 is 3.10 bits per heavy atom. The van der Waals surface area contributed by atoms with Crippen LogP contribution in [0.3, 0.4) is 0 Å². The summed E-state index contributed by atoms with van der Waals surface area (Å²) in [5.41, 5.74) is 1.28. The van der Waals surface area contributed by atoms with Crippen LogP contribution in [0.15, 0.2) is 36.3 Å². The van der Waals surface area contributed by atoms with Gasteiger partial charge in [0, 0.05) is 19.4 Å². The molecule has 0 aliphatic carbocycles. The van der Waals surface area contributed by atoms with Crippen molar-refractivity contribution in [2.75, 3.05) is 13.7 Å². The lowest BCUT2D eigenvalue weighted by molar-refractivity contribution is 0.356. The van der Waals surface area contributed by atoms with Crippen LogP contribution in [0.25, 0.3) is 0 Å². The lowest BCUT2D eigenvalue weighted by Crippen LogP contribution is -2.19. The van der Waals surface area contributed by atoms with Gasteiger partial charge in [-0.25, -0.2) is 0 Å². The Morgan fingerprint density at radius 2 is 2.30 bits per heavy atom. The van der Waals surface area contributed by atoms with Crippen LogP contribution in [0.2, 0.25) is 0 Å². The molecule has 0 unspecified atom stereocenters. The summed E-state index contributed by atoms with van der Waals surface area (Å²) in [6, 6.07) is 0. The minimum atomic E-state index is 0.982. The first-order valence-electron chi connectivity index (χ1n) is 3.40. The fourth-order valence-corrected chi connectivity index (χ4v) is 1.24. The molecule has 0 atom stereocenters. The molecule has 0 spiro atoms. The zero-order valence-electron chi connectivity index (χ0n) is 5.99. The molecule has 0 radical (unpaired) electrons. The smallest absolute Gasteiger partial charge is 0.0939 e. The average Bonchev–Trinajstić information content (AvgIpc) is 2.27. The summed E-state index contributed by atoms with van der Waals surface area (Å²) < 4.78 is 0. The van der Waals surface area contributed by atoms with Crippen LogP contribution in [-0.4, -0.2) is 23.5 Å². The molecule has 2 aliphatic rings. The van der Waals surface area contributed by atoms with Gasteiger partial charge in [-0.3, -0.25) is 0 Å². The fraction of sp³-hybridized carbons (Fsp3) is 0.250. The molecule has 0 fully saturated rings. The number of hydrogen-bond acceptors (Lipinski definition) is 2. The average molecular weight is 134 g/mol. The highest BCUT2D eigenvalue weighted by Gasteiger charge is 2.14. The molecular weight excluding hydrogens is 124 g/mol. The van der Waals surface area contributed by atoms with Crippen molar-refractivity contribution in [3.8, 4) is 0 Å². The first-order valence-corrected chi connectivity index (χ1v) is 3.40. The standard InChI is InChI=1S/C8H10N2/c1-9-6-8-4-2-3-5-10(8)7-9/h2-6H,7H2,1H3. The van der Waals surface area contributed by atoms with E-state index >= 15 is 0 Å². The van der Waals surface area contributed by atoms with E-state index < -0.39 is 0 Å². The fourth-order valence-electron chi connectivity index (χ4n) is 1.24. The zero-order valence-corrected chi connectivity index (χ0v) is 5.99. The lowest BCUT2D eigenvalue weighted by atomic mass is 10.3. The third-order valence-corrected chi connectivity index (χ3v) is 1.70. The number of rotatable bonds is 0. The van der Waals surface area contributed by atoms with Crippen molar-refractivity contribution < 1.29 is 0 Å². The maximum absolute atomic E-state index is 2.21. The van der Waals surface area contributed by atoms with Gasteiger partial charge in [-0.05, 0) is 12.2 Å². The van der Waals surface area contributed by atoms with Crippen molar-refractivity contribution >= 4 is 0 Å². The molecule has 0 aromatic rings. The molecule has 2 aliphatic heterocycles. The summed E-state index contributed by atoms with van der Waals surface area (Å²) in [7, 11) is 2.08. The molecule has 2 heterocycles. The minimum Gasteiger partial charge on any atom is -0.361 e. The maximum Gasteiger partial charge on any atom is 0.0939 e. The van der Waals surface area contributed by atoms with Crippen molar-refractivity contribution in [3.63, 3.8) is 0 Å². The molecule has 2 rings (SSSR count). The zero-order chi connectivity index (χ0) is 6.97. The highest BCUT2D eigenvalue weighted by Crippen LogP contribution is 2.18. The highest BCUT2D eigenvalue weighted by molar-refractivity contribution is 5.29. The van der Waals surface area contributed by atoms with Crippen LogP contribution in [0.4, 0.5) is 0 Å².